The van der Waals surface area contributed by atoms with Crippen LogP contribution in [0.5, 0.6) is 5.75 Å². The summed E-state index contributed by atoms with van der Waals surface area (Å²) < 4.78 is 8.20. The van der Waals surface area contributed by atoms with Gasteiger partial charge < -0.3 is 9.64 Å². The molecule has 0 amide bonds. The third kappa shape index (κ3) is 2.28. The van der Waals surface area contributed by atoms with Gasteiger partial charge >= 0.3 is 0 Å². The predicted octanol–water partition coefficient (Wildman–Crippen LogP) is 3.77. The number of aromatic nitrogens is 3. The van der Waals surface area contributed by atoms with Crippen LogP contribution in [-0.4, -0.2) is 32.8 Å². The molecule has 1 aliphatic heterocycles. The summed E-state index contributed by atoms with van der Waals surface area (Å²) in [6, 6.07) is 0.875. The average Bonchev–Trinajstić information content (AvgIpc) is 2.92. The molecular formula is C18H26N4O. The number of ether oxygens (including phenoxy) is 1. The number of anilines is 1. The maximum atomic E-state index is 6.33. The Morgan fingerprint density at radius 2 is 1.96 bits per heavy atom. The molecule has 5 heteroatoms. The minimum atomic E-state index is 0.290. The molecule has 0 N–H and O–H groups in total. The molecule has 0 unspecified atom stereocenters. The van der Waals surface area contributed by atoms with Gasteiger partial charge in [0, 0.05) is 11.6 Å². The Labute approximate surface area is 137 Å². The lowest BCUT2D eigenvalue weighted by Gasteiger charge is -2.46. The van der Waals surface area contributed by atoms with Crippen LogP contribution < -0.4 is 9.64 Å². The number of hydrogen-bond donors (Lipinski definition) is 0. The van der Waals surface area contributed by atoms with Crippen LogP contribution in [0, 0.1) is 0 Å². The third-order valence-corrected chi connectivity index (χ3v) is 5.19. The van der Waals surface area contributed by atoms with Crippen molar-refractivity contribution < 1.29 is 4.74 Å². The Morgan fingerprint density at radius 3 is 2.70 bits per heavy atom. The van der Waals surface area contributed by atoms with E-state index >= 15 is 0 Å². The van der Waals surface area contributed by atoms with E-state index in [4.69, 9.17) is 9.72 Å². The molecule has 2 aromatic heterocycles. The standard InChI is InChI=1S/C18H26N4O/c1-11(2)13-9-19-21-10-16-18(20-17(13)21)22(12(3)4)14-7-5-6-8-15(14)23-16/h9-12,14-15H,5-8H2,1-4H3/t14-,15+/m1/s1. The monoisotopic (exact) mass is 314 g/mol. The summed E-state index contributed by atoms with van der Waals surface area (Å²) in [4.78, 5) is 7.48. The molecule has 2 aliphatic rings. The highest BCUT2D eigenvalue weighted by Gasteiger charge is 2.40. The van der Waals surface area contributed by atoms with Crippen LogP contribution in [0.1, 0.15) is 64.9 Å². The first-order valence-electron chi connectivity index (χ1n) is 8.89. The largest absolute Gasteiger partial charge is 0.483 e. The lowest BCUT2D eigenvalue weighted by atomic mass is 9.89. The van der Waals surface area contributed by atoms with Crippen molar-refractivity contribution in [3.05, 3.63) is 18.0 Å². The smallest absolute Gasteiger partial charge is 0.180 e. The number of rotatable bonds is 2. The van der Waals surface area contributed by atoms with E-state index in [-0.39, 0.29) is 6.10 Å². The van der Waals surface area contributed by atoms with Gasteiger partial charge in [0.15, 0.2) is 17.2 Å². The molecule has 124 valence electrons. The molecule has 5 nitrogen and oxygen atoms in total. The van der Waals surface area contributed by atoms with Crippen LogP contribution >= 0.6 is 0 Å². The van der Waals surface area contributed by atoms with E-state index in [1.165, 1.54) is 24.8 Å². The maximum Gasteiger partial charge on any atom is 0.180 e. The van der Waals surface area contributed by atoms with E-state index < -0.39 is 0 Å². The normalized spacial score (nSPS) is 24.0. The van der Waals surface area contributed by atoms with Gasteiger partial charge in [0.1, 0.15) is 6.10 Å². The number of hydrogen-bond acceptors (Lipinski definition) is 4. The van der Waals surface area contributed by atoms with Gasteiger partial charge in [-0.1, -0.05) is 20.3 Å². The average molecular weight is 314 g/mol. The predicted molar refractivity (Wildman–Crippen MR) is 91.4 cm³/mol. The molecule has 2 aromatic rings. The fourth-order valence-electron chi connectivity index (χ4n) is 4.06. The van der Waals surface area contributed by atoms with Gasteiger partial charge in [0.2, 0.25) is 0 Å². The first-order chi connectivity index (χ1) is 11.1. The van der Waals surface area contributed by atoms with Gasteiger partial charge in [-0.3, -0.25) is 0 Å². The van der Waals surface area contributed by atoms with E-state index in [9.17, 15) is 0 Å². The van der Waals surface area contributed by atoms with Crippen molar-refractivity contribution in [3.63, 3.8) is 0 Å². The van der Waals surface area contributed by atoms with Gasteiger partial charge in [0.05, 0.1) is 18.4 Å². The second kappa shape index (κ2) is 5.39. The molecule has 4 rings (SSSR count). The van der Waals surface area contributed by atoms with E-state index in [0.29, 0.717) is 18.0 Å². The molecule has 1 aliphatic carbocycles. The maximum absolute atomic E-state index is 6.33. The van der Waals surface area contributed by atoms with Crippen molar-refractivity contribution >= 4 is 11.5 Å². The lowest BCUT2D eigenvalue weighted by molar-refractivity contribution is 0.108. The molecule has 1 fully saturated rings. The fourth-order valence-corrected chi connectivity index (χ4v) is 4.06. The van der Waals surface area contributed by atoms with E-state index in [2.05, 4.69) is 37.7 Å². The summed E-state index contributed by atoms with van der Waals surface area (Å²) in [7, 11) is 0. The summed E-state index contributed by atoms with van der Waals surface area (Å²) >= 11 is 0. The van der Waals surface area contributed by atoms with Gasteiger partial charge in [-0.15, -0.1) is 0 Å². The molecule has 0 saturated heterocycles. The first kappa shape index (κ1) is 14.8. The highest BCUT2D eigenvalue weighted by atomic mass is 16.5. The Hall–Kier alpha value is -1.78. The molecular weight excluding hydrogens is 288 g/mol. The van der Waals surface area contributed by atoms with Crippen LogP contribution in [0.15, 0.2) is 12.4 Å². The highest BCUT2D eigenvalue weighted by molar-refractivity contribution is 5.62. The molecule has 0 bridgehead atoms. The fraction of sp³-hybridized carbons (Fsp3) is 0.667. The summed E-state index contributed by atoms with van der Waals surface area (Å²) in [5, 5.41) is 4.48. The van der Waals surface area contributed by atoms with Crippen molar-refractivity contribution in [2.45, 2.75) is 77.5 Å². The molecule has 23 heavy (non-hydrogen) atoms. The van der Waals surface area contributed by atoms with Gasteiger partial charge in [0.25, 0.3) is 0 Å². The zero-order valence-corrected chi connectivity index (χ0v) is 14.5. The number of fused-ring (bicyclic) bond motifs is 3. The van der Waals surface area contributed by atoms with Crippen molar-refractivity contribution in [2.24, 2.45) is 0 Å². The molecule has 0 aromatic carbocycles. The minimum absolute atomic E-state index is 0.290. The summed E-state index contributed by atoms with van der Waals surface area (Å²) in [6.45, 7) is 8.89. The Kier molecular flexibility index (Phi) is 3.47. The van der Waals surface area contributed by atoms with E-state index in [1.54, 1.807) is 0 Å². The summed E-state index contributed by atoms with van der Waals surface area (Å²) in [5.74, 6) is 2.29. The molecule has 1 saturated carbocycles. The topological polar surface area (TPSA) is 42.7 Å². The highest BCUT2D eigenvalue weighted by Crippen LogP contribution is 2.41. The molecule has 2 atom stereocenters. The van der Waals surface area contributed by atoms with Crippen molar-refractivity contribution in [1.82, 2.24) is 14.6 Å². The van der Waals surface area contributed by atoms with Crippen LogP contribution in [0.25, 0.3) is 5.65 Å². The zero-order valence-electron chi connectivity index (χ0n) is 14.5. The van der Waals surface area contributed by atoms with Crippen molar-refractivity contribution in [3.8, 4) is 5.75 Å². The second-order valence-corrected chi connectivity index (χ2v) is 7.46. The van der Waals surface area contributed by atoms with Crippen LogP contribution in [-0.2, 0) is 0 Å². The number of nitrogens with zero attached hydrogens (tertiary/aromatic N) is 4. The van der Waals surface area contributed by atoms with E-state index in [1.807, 2.05) is 16.9 Å². The van der Waals surface area contributed by atoms with Crippen molar-refractivity contribution in [2.75, 3.05) is 4.90 Å². The van der Waals surface area contributed by atoms with Crippen molar-refractivity contribution in [1.29, 1.82) is 0 Å². The second-order valence-electron chi connectivity index (χ2n) is 7.46. The van der Waals surface area contributed by atoms with Crippen LogP contribution in [0.3, 0.4) is 0 Å². The quantitative estimate of drug-likeness (QED) is 0.846. The SMILES string of the molecule is CC(C)c1cnn2cc3c(nc12)N(C(C)C)[C@@H]1CCCC[C@@H]1O3. The van der Waals surface area contributed by atoms with Gasteiger partial charge in [-0.05, 0) is 39.0 Å². The molecule has 0 radical (unpaired) electrons. The minimum Gasteiger partial charge on any atom is -0.483 e. The summed E-state index contributed by atoms with van der Waals surface area (Å²) in [6.07, 6.45) is 9.13. The zero-order chi connectivity index (χ0) is 16.1. The lowest BCUT2D eigenvalue weighted by Crippen LogP contribution is -2.54. The Bertz CT molecular complexity index is 721. The van der Waals surface area contributed by atoms with Crippen LogP contribution in [0.2, 0.25) is 0 Å². The Balaban J connectivity index is 1.87. The Morgan fingerprint density at radius 1 is 1.17 bits per heavy atom. The van der Waals surface area contributed by atoms with Gasteiger partial charge in [-0.2, -0.15) is 5.10 Å². The van der Waals surface area contributed by atoms with Crippen LogP contribution in [0.4, 0.5) is 5.82 Å². The molecule has 3 heterocycles. The summed E-state index contributed by atoms with van der Waals surface area (Å²) in [5.41, 5.74) is 2.16. The van der Waals surface area contributed by atoms with E-state index in [0.717, 1.165) is 23.6 Å². The molecule has 0 spiro atoms. The first-order valence-corrected chi connectivity index (χ1v) is 8.89. The van der Waals surface area contributed by atoms with Gasteiger partial charge in [-0.25, -0.2) is 9.50 Å². The third-order valence-electron chi connectivity index (χ3n) is 5.19.